The summed E-state index contributed by atoms with van der Waals surface area (Å²) >= 11 is 9.16. The molecule has 1 saturated heterocycles. The molecule has 0 aromatic heterocycles. The Bertz CT molecular complexity index is 591. The van der Waals surface area contributed by atoms with Crippen LogP contribution >= 0.6 is 27.5 Å². The molecule has 0 amide bonds. The summed E-state index contributed by atoms with van der Waals surface area (Å²) in [4.78, 5) is 0.317. The summed E-state index contributed by atoms with van der Waals surface area (Å²) in [5.41, 5.74) is 0.812. The van der Waals surface area contributed by atoms with Gasteiger partial charge < -0.3 is 0 Å². The molecule has 1 aliphatic rings. The average Bonchev–Trinajstić information content (AvgIpc) is 2.38. The van der Waals surface area contributed by atoms with Gasteiger partial charge >= 0.3 is 0 Å². The standard InChI is InChI=1S/C14H19BrClNO2S/c1-10-5-6-17(11(2)7-10)20(18,19)14-8-12(9-16)3-4-13(14)15/h3-4,8,10-11H,5-7,9H2,1-2H3. The summed E-state index contributed by atoms with van der Waals surface area (Å²) in [6.07, 6.45) is 1.82. The molecule has 0 radical (unpaired) electrons. The maximum atomic E-state index is 12.8. The highest BCUT2D eigenvalue weighted by molar-refractivity contribution is 9.10. The number of rotatable bonds is 3. The molecular weight excluding hydrogens is 362 g/mol. The summed E-state index contributed by atoms with van der Waals surface area (Å²) in [7, 11) is -3.47. The van der Waals surface area contributed by atoms with E-state index in [0.29, 0.717) is 27.7 Å². The Balaban J connectivity index is 2.40. The van der Waals surface area contributed by atoms with Crippen LogP contribution in [0.2, 0.25) is 0 Å². The van der Waals surface area contributed by atoms with Gasteiger partial charge in [-0.1, -0.05) is 13.0 Å². The van der Waals surface area contributed by atoms with E-state index in [2.05, 4.69) is 22.9 Å². The van der Waals surface area contributed by atoms with Crippen LogP contribution in [0.1, 0.15) is 32.3 Å². The molecule has 1 aromatic rings. The first-order chi connectivity index (χ1) is 9.36. The first kappa shape index (κ1) is 16.3. The van der Waals surface area contributed by atoms with E-state index in [0.717, 1.165) is 18.4 Å². The molecule has 2 atom stereocenters. The fraction of sp³-hybridized carbons (Fsp3) is 0.571. The minimum Gasteiger partial charge on any atom is -0.207 e. The number of hydrogen-bond donors (Lipinski definition) is 0. The maximum Gasteiger partial charge on any atom is 0.244 e. The fourth-order valence-electron chi connectivity index (χ4n) is 2.70. The molecular formula is C14H19BrClNO2S. The zero-order chi connectivity index (χ0) is 14.9. The summed E-state index contributed by atoms with van der Waals surface area (Å²) < 4.78 is 27.9. The van der Waals surface area contributed by atoms with Gasteiger partial charge in [0, 0.05) is 22.9 Å². The van der Waals surface area contributed by atoms with Crippen LogP contribution in [0.15, 0.2) is 27.6 Å². The summed E-state index contributed by atoms with van der Waals surface area (Å²) in [6.45, 7) is 4.74. The van der Waals surface area contributed by atoms with Crippen LogP contribution in [-0.4, -0.2) is 25.3 Å². The normalized spacial score (nSPS) is 24.8. The Morgan fingerprint density at radius 2 is 2.10 bits per heavy atom. The molecule has 1 aromatic carbocycles. The second-order valence-electron chi connectivity index (χ2n) is 5.49. The van der Waals surface area contributed by atoms with Crippen LogP contribution < -0.4 is 0 Å². The van der Waals surface area contributed by atoms with Crippen molar-refractivity contribution in [3.05, 3.63) is 28.2 Å². The van der Waals surface area contributed by atoms with Gasteiger partial charge in [0.2, 0.25) is 10.0 Å². The minimum atomic E-state index is -3.47. The molecule has 0 N–H and O–H groups in total. The number of sulfonamides is 1. The van der Waals surface area contributed by atoms with Gasteiger partial charge in [-0.2, -0.15) is 4.31 Å². The number of alkyl halides is 1. The van der Waals surface area contributed by atoms with Crippen molar-refractivity contribution in [2.45, 2.75) is 43.5 Å². The highest BCUT2D eigenvalue weighted by atomic mass is 79.9. The third kappa shape index (κ3) is 3.21. The lowest BCUT2D eigenvalue weighted by Gasteiger charge is -2.35. The van der Waals surface area contributed by atoms with Crippen molar-refractivity contribution >= 4 is 37.6 Å². The van der Waals surface area contributed by atoms with Gasteiger partial charge in [-0.25, -0.2) is 8.42 Å². The Morgan fingerprint density at radius 1 is 1.40 bits per heavy atom. The highest BCUT2D eigenvalue weighted by Gasteiger charge is 2.34. The molecule has 0 saturated carbocycles. The molecule has 1 fully saturated rings. The molecule has 3 nitrogen and oxygen atoms in total. The monoisotopic (exact) mass is 379 g/mol. The molecule has 1 heterocycles. The lowest BCUT2D eigenvalue weighted by atomic mass is 9.95. The zero-order valence-electron chi connectivity index (χ0n) is 11.6. The SMILES string of the molecule is CC1CCN(S(=O)(=O)c2cc(CCl)ccc2Br)C(C)C1. The van der Waals surface area contributed by atoms with Gasteiger partial charge in [-0.15, -0.1) is 11.6 Å². The van der Waals surface area contributed by atoms with E-state index in [4.69, 9.17) is 11.6 Å². The van der Waals surface area contributed by atoms with Crippen LogP contribution in [-0.2, 0) is 15.9 Å². The topological polar surface area (TPSA) is 37.4 Å². The lowest BCUT2D eigenvalue weighted by Crippen LogP contribution is -2.44. The van der Waals surface area contributed by atoms with Gasteiger partial charge in [0.1, 0.15) is 0 Å². The van der Waals surface area contributed by atoms with Crippen molar-refractivity contribution in [1.29, 1.82) is 0 Å². The minimum absolute atomic E-state index is 0.0373. The molecule has 0 spiro atoms. The number of benzene rings is 1. The van der Waals surface area contributed by atoms with Gasteiger partial charge in [0.25, 0.3) is 0 Å². The molecule has 112 valence electrons. The van der Waals surface area contributed by atoms with Gasteiger partial charge in [-0.05, 0) is 59.3 Å². The first-order valence-electron chi connectivity index (χ1n) is 6.72. The second-order valence-corrected chi connectivity index (χ2v) is 8.47. The van der Waals surface area contributed by atoms with Crippen molar-refractivity contribution in [2.24, 2.45) is 5.92 Å². The third-order valence-corrected chi connectivity index (χ3v) is 7.13. The number of halogens is 2. The second kappa shape index (κ2) is 6.34. The van der Waals surface area contributed by atoms with Gasteiger partial charge in [0.05, 0.1) is 4.90 Å². The molecule has 6 heteroatoms. The van der Waals surface area contributed by atoms with Crippen LogP contribution in [0.5, 0.6) is 0 Å². The number of hydrogen-bond acceptors (Lipinski definition) is 2. The van der Waals surface area contributed by atoms with E-state index in [1.54, 1.807) is 16.4 Å². The Kier molecular flexibility index (Phi) is 5.16. The number of piperidine rings is 1. The lowest BCUT2D eigenvalue weighted by molar-refractivity contribution is 0.220. The maximum absolute atomic E-state index is 12.8. The van der Waals surface area contributed by atoms with E-state index in [9.17, 15) is 8.42 Å². The molecule has 0 aliphatic carbocycles. The van der Waals surface area contributed by atoms with Gasteiger partial charge in [-0.3, -0.25) is 0 Å². The Morgan fingerprint density at radius 3 is 2.70 bits per heavy atom. The van der Waals surface area contributed by atoms with E-state index in [1.807, 2.05) is 13.0 Å². The van der Waals surface area contributed by atoms with E-state index < -0.39 is 10.0 Å². The third-order valence-electron chi connectivity index (χ3n) is 3.81. The van der Waals surface area contributed by atoms with Crippen LogP contribution in [0.4, 0.5) is 0 Å². The summed E-state index contributed by atoms with van der Waals surface area (Å²) in [5.74, 6) is 0.886. The smallest absolute Gasteiger partial charge is 0.207 e. The molecule has 2 rings (SSSR count). The molecule has 20 heavy (non-hydrogen) atoms. The van der Waals surface area contributed by atoms with Crippen LogP contribution in [0, 0.1) is 5.92 Å². The predicted octanol–water partition coefficient (Wildman–Crippen LogP) is 4.00. The molecule has 1 aliphatic heterocycles. The quantitative estimate of drug-likeness (QED) is 0.743. The van der Waals surface area contributed by atoms with Crippen molar-refractivity contribution in [3.8, 4) is 0 Å². The van der Waals surface area contributed by atoms with Crippen molar-refractivity contribution < 1.29 is 8.42 Å². The predicted molar refractivity (Wildman–Crippen MR) is 85.5 cm³/mol. The van der Waals surface area contributed by atoms with Crippen molar-refractivity contribution in [2.75, 3.05) is 6.54 Å². The van der Waals surface area contributed by atoms with Crippen molar-refractivity contribution in [3.63, 3.8) is 0 Å². The van der Waals surface area contributed by atoms with Gasteiger partial charge in [0.15, 0.2) is 0 Å². The Hall–Kier alpha value is -0.100. The zero-order valence-corrected chi connectivity index (χ0v) is 14.8. The van der Waals surface area contributed by atoms with Crippen molar-refractivity contribution in [1.82, 2.24) is 4.31 Å². The Labute approximate surface area is 134 Å². The van der Waals surface area contributed by atoms with E-state index in [-0.39, 0.29) is 6.04 Å². The van der Waals surface area contributed by atoms with E-state index >= 15 is 0 Å². The molecule has 2 unspecified atom stereocenters. The average molecular weight is 381 g/mol. The highest BCUT2D eigenvalue weighted by Crippen LogP contribution is 2.32. The fourth-order valence-corrected chi connectivity index (χ4v) is 5.50. The largest absolute Gasteiger partial charge is 0.244 e. The van der Waals surface area contributed by atoms with Crippen LogP contribution in [0.3, 0.4) is 0 Å². The number of nitrogens with zero attached hydrogens (tertiary/aromatic N) is 1. The summed E-state index contributed by atoms with van der Waals surface area (Å²) in [5, 5.41) is 0. The first-order valence-corrected chi connectivity index (χ1v) is 9.49. The van der Waals surface area contributed by atoms with E-state index in [1.165, 1.54) is 0 Å². The molecule has 0 bridgehead atoms. The summed E-state index contributed by atoms with van der Waals surface area (Å²) in [6, 6.07) is 5.28. The van der Waals surface area contributed by atoms with Crippen LogP contribution in [0.25, 0.3) is 0 Å².